The van der Waals surface area contributed by atoms with Gasteiger partial charge >= 0.3 is 0 Å². The number of anilines is 3. The van der Waals surface area contributed by atoms with Gasteiger partial charge in [-0.25, -0.2) is 0 Å². The molecule has 6 nitrogen and oxygen atoms in total. The second-order valence-corrected chi connectivity index (χ2v) is 7.38. The molecule has 2 amide bonds. The minimum absolute atomic E-state index is 0.00610. The van der Waals surface area contributed by atoms with E-state index in [-0.39, 0.29) is 24.2 Å². The predicted molar refractivity (Wildman–Crippen MR) is 110 cm³/mol. The smallest absolute Gasteiger partial charge is 0.229 e. The molecule has 0 bridgehead atoms. The molecule has 0 saturated carbocycles. The zero-order chi connectivity index (χ0) is 19.5. The molecule has 0 spiro atoms. The highest BCUT2D eigenvalue weighted by atomic mass is 16.5. The number of rotatable bonds is 4. The first-order valence-corrected chi connectivity index (χ1v) is 9.71. The van der Waals surface area contributed by atoms with Crippen molar-refractivity contribution in [2.45, 2.75) is 13.3 Å². The van der Waals surface area contributed by atoms with E-state index >= 15 is 0 Å². The maximum absolute atomic E-state index is 12.7. The second kappa shape index (κ2) is 8.02. The van der Waals surface area contributed by atoms with Gasteiger partial charge in [0.05, 0.1) is 19.1 Å². The largest absolute Gasteiger partial charge is 0.378 e. The first-order valence-electron chi connectivity index (χ1n) is 9.71. The van der Waals surface area contributed by atoms with Crippen LogP contribution in [0, 0.1) is 12.8 Å². The third kappa shape index (κ3) is 4.02. The molecule has 2 fully saturated rings. The van der Waals surface area contributed by atoms with E-state index in [0.717, 1.165) is 48.9 Å². The molecule has 0 aromatic heterocycles. The summed E-state index contributed by atoms with van der Waals surface area (Å²) in [5.74, 6) is -0.456. The maximum Gasteiger partial charge on any atom is 0.229 e. The SMILES string of the molecule is Cc1cccc(N2C[C@H](C(=O)Nc3ccc(N4CCOCC4)cc3)CC2=O)c1. The fraction of sp³-hybridized carbons (Fsp3) is 0.364. The van der Waals surface area contributed by atoms with Crippen molar-refractivity contribution in [3.63, 3.8) is 0 Å². The normalized spacial score (nSPS) is 19.8. The lowest BCUT2D eigenvalue weighted by atomic mass is 10.1. The molecule has 0 aliphatic carbocycles. The fourth-order valence-corrected chi connectivity index (χ4v) is 3.75. The standard InChI is InChI=1S/C22H25N3O3/c1-16-3-2-4-20(13-16)25-15-17(14-21(25)26)22(27)23-18-5-7-19(8-6-18)24-9-11-28-12-10-24/h2-8,13,17H,9-12,14-15H2,1H3,(H,23,27)/t17-/m1/s1. The van der Waals surface area contributed by atoms with Crippen molar-refractivity contribution < 1.29 is 14.3 Å². The van der Waals surface area contributed by atoms with Crippen LogP contribution in [0.1, 0.15) is 12.0 Å². The van der Waals surface area contributed by atoms with E-state index in [1.807, 2.05) is 55.5 Å². The molecule has 0 radical (unpaired) electrons. The van der Waals surface area contributed by atoms with E-state index < -0.39 is 0 Å². The van der Waals surface area contributed by atoms with Crippen LogP contribution in [0.5, 0.6) is 0 Å². The zero-order valence-corrected chi connectivity index (χ0v) is 16.1. The Balaban J connectivity index is 1.38. The minimum atomic E-state index is -0.341. The average Bonchev–Trinajstić information content (AvgIpc) is 3.11. The summed E-state index contributed by atoms with van der Waals surface area (Å²) < 4.78 is 5.38. The molecule has 2 aliphatic heterocycles. The third-order valence-corrected chi connectivity index (χ3v) is 5.32. The van der Waals surface area contributed by atoms with Crippen molar-refractivity contribution in [3.8, 4) is 0 Å². The summed E-state index contributed by atoms with van der Waals surface area (Å²) in [5.41, 5.74) is 3.83. The van der Waals surface area contributed by atoms with Crippen LogP contribution in [0.25, 0.3) is 0 Å². The number of amides is 2. The topological polar surface area (TPSA) is 61.9 Å². The van der Waals surface area contributed by atoms with E-state index in [2.05, 4.69) is 10.2 Å². The molecule has 6 heteroatoms. The Morgan fingerprint density at radius 1 is 1.07 bits per heavy atom. The summed E-state index contributed by atoms with van der Waals surface area (Å²) in [7, 11) is 0. The highest BCUT2D eigenvalue weighted by molar-refractivity contribution is 6.03. The fourth-order valence-electron chi connectivity index (χ4n) is 3.75. The Labute approximate surface area is 165 Å². The van der Waals surface area contributed by atoms with Gasteiger partial charge < -0.3 is 19.9 Å². The molecule has 2 aromatic carbocycles. The van der Waals surface area contributed by atoms with Crippen LogP contribution < -0.4 is 15.1 Å². The summed E-state index contributed by atoms with van der Waals surface area (Å²) in [6, 6.07) is 15.7. The summed E-state index contributed by atoms with van der Waals surface area (Å²) in [5, 5.41) is 2.96. The van der Waals surface area contributed by atoms with Crippen molar-refractivity contribution >= 4 is 28.9 Å². The Bertz CT molecular complexity index is 860. The number of morpholine rings is 1. The number of nitrogens with one attached hydrogen (secondary N) is 1. The average molecular weight is 379 g/mol. The Morgan fingerprint density at radius 2 is 1.82 bits per heavy atom. The molecule has 1 N–H and O–H groups in total. The number of carbonyl (C=O) groups is 2. The van der Waals surface area contributed by atoms with Gasteiger partial charge in [0.25, 0.3) is 0 Å². The van der Waals surface area contributed by atoms with Crippen molar-refractivity contribution in [3.05, 3.63) is 54.1 Å². The molecule has 28 heavy (non-hydrogen) atoms. The number of aryl methyl sites for hydroxylation is 1. The summed E-state index contributed by atoms with van der Waals surface area (Å²) in [4.78, 5) is 29.1. The van der Waals surface area contributed by atoms with Crippen LogP contribution in [0.15, 0.2) is 48.5 Å². The lowest BCUT2D eigenvalue weighted by molar-refractivity contribution is -0.122. The quantitative estimate of drug-likeness (QED) is 0.887. The van der Waals surface area contributed by atoms with Crippen LogP contribution in [-0.4, -0.2) is 44.7 Å². The van der Waals surface area contributed by atoms with Gasteiger partial charge in [0.2, 0.25) is 11.8 Å². The van der Waals surface area contributed by atoms with Crippen LogP contribution in [0.3, 0.4) is 0 Å². The molecule has 146 valence electrons. The van der Waals surface area contributed by atoms with Gasteiger partial charge in [-0.1, -0.05) is 12.1 Å². The van der Waals surface area contributed by atoms with E-state index in [4.69, 9.17) is 4.74 Å². The van der Waals surface area contributed by atoms with E-state index in [0.29, 0.717) is 6.54 Å². The molecule has 0 unspecified atom stereocenters. The van der Waals surface area contributed by atoms with Crippen molar-refractivity contribution in [1.29, 1.82) is 0 Å². The molecule has 2 heterocycles. The first kappa shape index (κ1) is 18.5. The zero-order valence-electron chi connectivity index (χ0n) is 16.1. The van der Waals surface area contributed by atoms with Gasteiger partial charge in [-0.15, -0.1) is 0 Å². The number of ether oxygens (including phenoxy) is 1. The lowest BCUT2D eigenvalue weighted by Gasteiger charge is -2.28. The van der Waals surface area contributed by atoms with Crippen molar-refractivity contribution in [2.24, 2.45) is 5.92 Å². The number of hydrogen-bond donors (Lipinski definition) is 1. The van der Waals surface area contributed by atoms with Gasteiger partial charge in [-0.3, -0.25) is 9.59 Å². The highest BCUT2D eigenvalue weighted by Gasteiger charge is 2.35. The molecule has 2 saturated heterocycles. The number of nitrogens with zero attached hydrogens (tertiary/aromatic N) is 2. The van der Waals surface area contributed by atoms with Gasteiger partial charge in [-0.2, -0.15) is 0 Å². The van der Waals surface area contributed by atoms with Crippen LogP contribution in [0.4, 0.5) is 17.1 Å². The molecule has 2 aliphatic rings. The predicted octanol–water partition coefficient (Wildman–Crippen LogP) is 2.82. The van der Waals surface area contributed by atoms with E-state index in [1.165, 1.54) is 0 Å². The van der Waals surface area contributed by atoms with Crippen LogP contribution >= 0.6 is 0 Å². The Hall–Kier alpha value is -2.86. The highest BCUT2D eigenvalue weighted by Crippen LogP contribution is 2.27. The molecular formula is C22H25N3O3. The Kier molecular flexibility index (Phi) is 5.30. The molecule has 1 atom stereocenters. The van der Waals surface area contributed by atoms with Crippen molar-refractivity contribution in [2.75, 3.05) is 48.0 Å². The molecule has 2 aromatic rings. The van der Waals surface area contributed by atoms with Gasteiger partial charge in [0.1, 0.15) is 0 Å². The second-order valence-electron chi connectivity index (χ2n) is 7.38. The van der Waals surface area contributed by atoms with Crippen molar-refractivity contribution in [1.82, 2.24) is 0 Å². The molecule has 4 rings (SSSR count). The molecular weight excluding hydrogens is 354 g/mol. The minimum Gasteiger partial charge on any atom is -0.378 e. The Morgan fingerprint density at radius 3 is 2.54 bits per heavy atom. The van der Waals surface area contributed by atoms with Gasteiger partial charge in [0, 0.05) is 43.1 Å². The number of carbonyl (C=O) groups excluding carboxylic acids is 2. The summed E-state index contributed by atoms with van der Waals surface area (Å²) >= 11 is 0. The van der Waals surface area contributed by atoms with Crippen LogP contribution in [-0.2, 0) is 14.3 Å². The number of benzene rings is 2. The maximum atomic E-state index is 12.7. The van der Waals surface area contributed by atoms with E-state index in [1.54, 1.807) is 4.90 Å². The summed E-state index contributed by atoms with van der Waals surface area (Å²) in [6.07, 6.45) is 0.242. The van der Waals surface area contributed by atoms with Crippen LogP contribution in [0.2, 0.25) is 0 Å². The van der Waals surface area contributed by atoms with Gasteiger partial charge in [0.15, 0.2) is 0 Å². The van der Waals surface area contributed by atoms with Gasteiger partial charge in [-0.05, 0) is 48.9 Å². The third-order valence-electron chi connectivity index (χ3n) is 5.32. The summed E-state index contributed by atoms with van der Waals surface area (Å²) in [6.45, 7) is 5.65. The van der Waals surface area contributed by atoms with E-state index in [9.17, 15) is 9.59 Å². The number of hydrogen-bond acceptors (Lipinski definition) is 4. The first-order chi connectivity index (χ1) is 13.6. The lowest BCUT2D eigenvalue weighted by Crippen LogP contribution is -2.36. The monoisotopic (exact) mass is 379 g/mol.